The molecule has 24 heavy (non-hydrogen) atoms. The summed E-state index contributed by atoms with van der Waals surface area (Å²) in [6.07, 6.45) is 2.05. The highest BCUT2D eigenvalue weighted by molar-refractivity contribution is 9.10. The number of hydrogen-bond donors (Lipinski definition) is 1. The molecule has 1 unspecified atom stereocenters. The van der Waals surface area contributed by atoms with Crippen molar-refractivity contribution in [1.82, 2.24) is 5.32 Å². The molecule has 0 spiro atoms. The van der Waals surface area contributed by atoms with Crippen molar-refractivity contribution in [2.45, 2.75) is 32.7 Å². The molecule has 1 aliphatic rings. The third-order valence-electron chi connectivity index (χ3n) is 4.38. The summed E-state index contributed by atoms with van der Waals surface area (Å²) in [6.45, 7) is 5.65. The zero-order valence-corrected chi connectivity index (χ0v) is 16.5. The van der Waals surface area contributed by atoms with Crippen LogP contribution in [0.2, 0.25) is 5.02 Å². The maximum Gasteiger partial charge on any atom is 0.340 e. The lowest BCUT2D eigenvalue weighted by molar-refractivity contribution is -0.133. The van der Waals surface area contributed by atoms with E-state index in [1.54, 1.807) is 12.1 Å². The molecule has 0 aromatic heterocycles. The second kappa shape index (κ2) is 8.88. The Balaban J connectivity index is 2.30. The zero-order chi connectivity index (χ0) is 17.7. The summed E-state index contributed by atoms with van der Waals surface area (Å²) in [5.41, 5.74) is 2.07. The molecular formula is C18H23BrClNO3. The number of rotatable bonds is 5. The number of ether oxygens (including phenoxy) is 2. The third kappa shape index (κ3) is 4.74. The first kappa shape index (κ1) is 19.3. The number of carbonyl (C=O) groups excluding carboxylic acids is 1. The van der Waals surface area contributed by atoms with E-state index in [4.69, 9.17) is 21.1 Å². The Morgan fingerprint density at radius 3 is 2.67 bits per heavy atom. The first-order valence-corrected chi connectivity index (χ1v) is 9.20. The number of benzene rings is 1. The molecule has 1 aromatic carbocycles. The molecule has 0 aliphatic carbocycles. The van der Waals surface area contributed by atoms with E-state index in [9.17, 15) is 4.79 Å². The van der Waals surface area contributed by atoms with Crippen molar-refractivity contribution in [3.05, 3.63) is 39.0 Å². The lowest BCUT2D eigenvalue weighted by atomic mass is 9.92. The lowest BCUT2D eigenvalue weighted by Gasteiger charge is -2.30. The molecule has 1 N–H and O–H groups in total. The van der Waals surface area contributed by atoms with E-state index in [1.807, 2.05) is 13.0 Å². The van der Waals surface area contributed by atoms with Crippen LogP contribution >= 0.6 is 27.5 Å². The van der Waals surface area contributed by atoms with Crippen LogP contribution in [-0.4, -0.2) is 32.3 Å². The van der Waals surface area contributed by atoms with Crippen molar-refractivity contribution in [3.63, 3.8) is 0 Å². The van der Waals surface area contributed by atoms with Crippen molar-refractivity contribution in [2.24, 2.45) is 5.92 Å². The number of methoxy groups -OCH3 is 1. The molecule has 4 nitrogen and oxygen atoms in total. The summed E-state index contributed by atoms with van der Waals surface area (Å²) in [5, 5.41) is 4.08. The molecule has 1 saturated heterocycles. The molecule has 1 fully saturated rings. The maximum absolute atomic E-state index is 12.4. The Labute approximate surface area is 156 Å². The fourth-order valence-electron chi connectivity index (χ4n) is 3.01. The maximum atomic E-state index is 12.4. The summed E-state index contributed by atoms with van der Waals surface area (Å²) in [4.78, 5) is 12.4. The number of allylic oxidation sites excluding steroid dienone is 1. The van der Waals surface area contributed by atoms with Gasteiger partial charge in [0, 0.05) is 40.0 Å². The molecule has 132 valence electrons. The molecule has 0 bridgehead atoms. The van der Waals surface area contributed by atoms with E-state index in [2.05, 4.69) is 28.2 Å². The number of carbonyl (C=O) groups is 1. The van der Waals surface area contributed by atoms with Crippen molar-refractivity contribution in [2.75, 3.05) is 20.3 Å². The van der Waals surface area contributed by atoms with Gasteiger partial charge >= 0.3 is 5.97 Å². The quantitative estimate of drug-likeness (QED) is 0.570. The van der Waals surface area contributed by atoms with Gasteiger partial charge in [-0.15, -0.1) is 0 Å². The molecule has 0 radical (unpaired) electrons. The van der Waals surface area contributed by atoms with Crippen LogP contribution in [-0.2, 0) is 14.3 Å². The normalized spacial score (nSPS) is 17.9. The van der Waals surface area contributed by atoms with Gasteiger partial charge in [-0.1, -0.05) is 33.6 Å². The van der Waals surface area contributed by atoms with E-state index >= 15 is 0 Å². The van der Waals surface area contributed by atoms with Crippen LogP contribution in [0.1, 0.15) is 32.3 Å². The van der Waals surface area contributed by atoms with Crippen molar-refractivity contribution >= 4 is 39.1 Å². The second-order valence-electron chi connectivity index (χ2n) is 6.00. The molecule has 6 heteroatoms. The Kier molecular flexibility index (Phi) is 7.14. The molecule has 2 rings (SSSR count). The Morgan fingerprint density at radius 2 is 2.08 bits per heavy atom. The summed E-state index contributed by atoms with van der Waals surface area (Å²) >= 11 is 9.50. The van der Waals surface area contributed by atoms with Crippen LogP contribution < -0.4 is 5.32 Å². The van der Waals surface area contributed by atoms with Crippen molar-refractivity contribution in [3.8, 4) is 0 Å². The smallest absolute Gasteiger partial charge is 0.340 e. The van der Waals surface area contributed by atoms with E-state index < -0.39 is 0 Å². The van der Waals surface area contributed by atoms with Crippen molar-refractivity contribution < 1.29 is 14.3 Å². The Morgan fingerprint density at radius 1 is 1.42 bits per heavy atom. The number of esters is 1. The minimum atomic E-state index is -0.373. The van der Waals surface area contributed by atoms with Gasteiger partial charge in [-0.3, -0.25) is 0 Å². The summed E-state index contributed by atoms with van der Waals surface area (Å²) in [6, 6.07) is 5.61. The Hall–Kier alpha value is -1.04. The van der Waals surface area contributed by atoms with E-state index in [0.717, 1.165) is 41.8 Å². The third-order valence-corrected chi connectivity index (χ3v) is 5.27. The number of halogens is 2. The minimum Gasteiger partial charge on any atom is -0.465 e. The largest absolute Gasteiger partial charge is 0.465 e. The first-order chi connectivity index (χ1) is 11.4. The van der Waals surface area contributed by atoms with Crippen LogP contribution in [0.15, 0.2) is 28.4 Å². The predicted octanol–water partition coefficient (Wildman–Crippen LogP) is 4.41. The zero-order valence-electron chi connectivity index (χ0n) is 14.2. The van der Waals surface area contributed by atoms with Gasteiger partial charge in [0.15, 0.2) is 0 Å². The predicted molar refractivity (Wildman–Crippen MR) is 99.9 cm³/mol. The highest BCUT2D eigenvalue weighted by atomic mass is 79.9. The minimum absolute atomic E-state index is 0.250. The first-order valence-electron chi connectivity index (χ1n) is 8.03. The van der Waals surface area contributed by atoms with Crippen LogP contribution in [0, 0.1) is 5.92 Å². The molecular weight excluding hydrogens is 394 g/mol. The van der Waals surface area contributed by atoms with Gasteiger partial charge in [0.05, 0.1) is 12.7 Å². The van der Waals surface area contributed by atoms with Gasteiger partial charge in [0.1, 0.15) is 0 Å². The SMILES string of the molecule is COC(=O)C(=C(C)NC(C)C1CCOCC1)c1ccc(Cl)cc1Br. The number of hydrogen-bond acceptors (Lipinski definition) is 4. The van der Waals surface area contributed by atoms with Crippen LogP contribution in [0.3, 0.4) is 0 Å². The lowest BCUT2D eigenvalue weighted by Crippen LogP contribution is -2.36. The molecule has 0 saturated carbocycles. The summed E-state index contributed by atoms with van der Waals surface area (Å²) in [5.74, 6) is 0.156. The molecule has 1 heterocycles. The van der Waals surface area contributed by atoms with Crippen LogP contribution in [0.4, 0.5) is 0 Å². The van der Waals surface area contributed by atoms with Gasteiger partial charge in [-0.05, 0) is 44.7 Å². The summed E-state index contributed by atoms with van der Waals surface area (Å²) < 4.78 is 11.2. The van der Waals surface area contributed by atoms with Gasteiger partial charge in [0.25, 0.3) is 0 Å². The second-order valence-corrected chi connectivity index (χ2v) is 7.29. The number of nitrogens with one attached hydrogen (secondary N) is 1. The van der Waals surface area contributed by atoms with Crippen LogP contribution in [0.5, 0.6) is 0 Å². The van der Waals surface area contributed by atoms with Gasteiger partial charge < -0.3 is 14.8 Å². The fraction of sp³-hybridized carbons (Fsp3) is 0.500. The highest BCUT2D eigenvalue weighted by Gasteiger charge is 2.24. The average Bonchev–Trinajstić information content (AvgIpc) is 2.57. The molecule has 0 amide bonds. The van der Waals surface area contributed by atoms with Gasteiger partial charge in [-0.2, -0.15) is 0 Å². The standard InChI is InChI=1S/C18H23BrClNO3/c1-11(13-6-8-24-9-7-13)21-12(2)17(18(22)23-3)15-5-4-14(20)10-16(15)19/h4-5,10-11,13,21H,6-9H2,1-3H3. The van der Waals surface area contributed by atoms with Gasteiger partial charge in [0.2, 0.25) is 0 Å². The fourth-order valence-corrected chi connectivity index (χ4v) is 3.89. The van der Waals surface area contributed by atoms with Crippen molar-refractivity contribution in [1.29, 1.82) is 0 Å². The molecule has 1 aliphatic heterocycles. The highest BCUT2D eigenvalue weighted by Crippen LogP contribution is 2.30. The van der Waals surface area contributed by atoms with E-state index in [-0.39, 0.29) is 12.0 Å². The topological polar surface area (TPSA) is 47.6 Å². The van der Waals surface area contributed by atoms with E-state index in [1.165, 1.54) is 7.11 Å². The Bertz CT molecular complexity index is 627. The molecule has 1 aromatic rings. The molecule has 1 atom stereocenters. The monoisotopic (exact) mass is 415 g/mol. The van der Waals surface area contributed by atoms with Crippen LogP contribution in [0.25, 0.3) is 5.57 Å². The van der Waals surface area contributed by atoms with E-state index in [0.29, 0.717) is 16.5 Å². The summed E-state index contributed by atoms with van der Waals surface area (Å²) in [7, 11) is 1.39. The van der Waals surface area contributed by atoms with Gasteiger partial charge in [-0.25, -0.2) is 4.79 Å². The average molecular weight is 417 g/mol.